The first-order valence-corrected chi connectivity index (χ1v) is 7.46. The lowest BCUT2D eigenvalue weighted by atomic mass is 9.89. The van der Waals surface area contributed by atoms with Gasteiger partial charge in [-0.3, -0.25) is 4.79 Å². The van der Waals surface area contributed by atoms with Gasteiger partial charge >= 0.3 is 5.97 Å². The van der Waals surface area contributed by atoms with Crippen LogP contribution in [0.4, 0.5) is 0 Å². The molecule has 2 aliphatic carbocycles. The summed E-state index contributed by atoms with van der Waals surface area (Å²) < 4.78 is 16.8. The van der Waals surface area contributed by atoms with Crippen LogP contribution in [0.15, 0.2) is 11.6 Å². The summed E-state index contributed by atoms with van der Waals surface area (Å²) in [6.07, 6.45) is 9.42. The molecule has 0 amide bonds. The van der Waals surface area contributed by atoms with Gasteiger partial charge in [0.05, 0.1) is 24.2 Å². The Labute approximate surface area is 113 Å². The molecule has 4 nitrogen and oxygen atoms in total. The van der Waals surface area contributed by atoms with Crippen molar-refractivity contribution in [2.45, 2.75) is 62.9 Å². The molecule has 104 valence electrons. The lowest BCUT2D eigenvalue weighted by Gasteiger charge is -2.36. The fourth-order valence-corrected chi connectivity index (χ4v) is 3.61. The minimum absolute atomic E-state index is 0.0185. The Morgan fingerprint density at radius 2 is 2.21 bits per heavy atom. The fourth-order valence-electron chi connectivity index (χ4n) is 3.61. The first-order chi connectivity index (χ1) is 9.29. The van der Waals surface area contributed by atoms with E-state index in [0.717, 1.165) is 38.5 Å². The zero-order valence-electron chi connectivity index (χ0n) is 11.0. The maximum Gasteiger partial charge on any atom is 0.309 e. The van der Waals surface area contributed by atoms with Crippen LogP contribution in [-0.4, -0.2) is 37.0 Å². The maximum atomic E-state index is 12.1. The molecule has 1 saturated carbocycles. The third kappa shape index (κ3) is 2.32. The van der Waals surface area contributed by atoms with Gasteiger partial charge in [-0.15, -0.1) is 0 Å². The molecule has 4 heteroatoms. The van der Waals surface area contributed by atoms with Crippen molar-refractivity contribution in [2.24, 2.45) is 5.92 Å². The minimum atomic E-state index is -0.0559. The maximum absolute atomic E-state index is 12.1. The standard InChI is InChI=1S/C15H20O4/c16-15(10-3-6-12-13(7-10)19-12)17-8-14-9-1-4-11(18-14)5-2-9/h1,10-14H,2-8H2. The number of hydrogen-bond donors (Lipinski definition) is 0. The highest BCUT2D eigenvalue weighted by atomic mass is 16.6. The van der Waals surface area contributed by atoms with Crippen molar-refractivity contribution >= 4 is 5.97 Å². The molecule has 0 aromatic heterocycles. The second-order valence-electron chi connectivity index (χ2n) is 6.15. The van der Waals surface area contributed by atoms with Gasteiger partial charge in [-0.1, -0.05) is 6.08 Å². The first-order valence-electron chi connectivity index (χ1n) is 7.46. The molecule has 0 radical (unpaired) electrons. The molecular weight excluding hydrogens is 244 g/mol. The summed E-state index contributed by atoms with van der Waals surface area (Å²) in [6, 6.07) is 0. The molecule has 5 unspecified atom stereocenters. The van der Waals surface area contributed by atoms with Crippen LogP contribution in [0, 0.1) is 5.92 Å². The minimum Gasteiger partial charge on any atom is -0.462 e. The van der Waals surface area contributed by atoms with Crippen LogP contribution in [0.1, 0.15) is 38.5 Å². The van der Waals surface area contributed by atoms with E-state index in [4.69, 9.17) is 14.2 Å². The lowest BCUT2D eigenvalue weighted by molar-refractivity contribution is -0.155. The van der Waals surface area contributed by atoms with Gasteiger partial charge in [-0.2, -0.15) is 0 Å². The van der Waals surface area contributed by atoms with Crippen molar-refractivity contribution in [1.82, 2.24) is 0 Å². The Kier molecular flexibility index (Phi) is 2.88. The number of esters is 1. The summed E-state index contributed by atoms with van der Waals surface area (Å²) in [4.78, 5) is 12.1. The van der Waals surface area contributed by atoms with Crippen molar-refractivity contribution in [1.29, 1.82) is 0 Å². The van der Waals surface area contributed by atoms with E-state index in [-0.39, 0.29) is 18.0 Å². The summed E-state index contributed by atoms with van der Waals surface area (Å²) in [5.41, 5.74) is 1.32. The molecule has 3 aliphatic heterocycles. The zero-order chi connectivity index (χ0) is 12.8. The quantitative estimate of drug-likeness (QED) is 0.444. The third-order valence-electron chi connectivity index (χ3n) is 4.88. The zero-order valence-corrected chi connectivity index (χ0v) is 11.0. The van der Waals surface area contributed by atoms with Gasteiger partial charge in [-0.25, -0.2) is 0 Å². The lowest BCUT2D eigenvalue weighted by Crippen LogP contribution is -2.37. The summed E-state index contributed by atoms with van der Waals surface area (Å²) in [5, 5.41) is 0. The van der Waals surface area contributed by atoms with Crippen LogP contribution in [-0.2, 0) is 19.0 Å². The smallest absolute Gasteiger partial charge is 0.309 e. The molecule has 2 saturated heterocycles. The van der Waals surface area contributed by atoms with Crippen LogP contribution in [0.25, 0.3) is 0 Å². The monoisotopic (exact) mass is 264 g/mol. The van der Waals surface area contributed by atoms with E-state index in [9.17, 15) is 4.79 Å². The summed E-state index contributed by atoms with van der Waals surface area (Å²) in [6.45, 7) is 0.395. The molecule has 3 heterocycles. The van der Waals surface area contributed by atoms with Gasteiger partial charge in [-0.05, 0) is 44.1 Å². The van der Waals surface area contributed by atoms with Crippen molar-refractivity contribution in [3.05, 3.63) is 11.6 Å². The largest absolute Gasteiger partial charge is 0.462 e. The predicted molar refractivity (Wildman–Crippen MR) is 67.6 cm³/mol. The molecular formula is C15H20O4. The Morgan fingerprint density at radius 3 is 2.89 bits per heavy atom. The van der Waals surface area contributed by atoms with Gasteiger partial charge in [0, 0.05) is 0 Å². The number of rotatable bonds is 3. The van der Waals surface area contributed by atoms with E-state index in [0.29, 0.717) is 24.9 Å². The Balaban J connectivity index is 1.29. The van der Waals surface area contributed by atoms with Gasteiger partial charge in [0.25, 0.3) is 0 Å². The highest BCUT2D eigenvalue weighted by Gasteiger charge is 2.46. The average Bonchev–Trinajstić information content (AvgIpc) is 3.24. The van der Waals surface area contributed by atoms with Crippen LogP contribution in [0.5, 0.6) is 0 Å². The summed E-state index contributed by atoms with van der Waals surface area (Å²) in [7, 11) is 0. The van der Waals surface area contributed by atoms with Crippen LogP contribution in [0.3, 0.4) is 0 Å². The topological polar surface area (TPSA) is 48.1 Å². The number of fused-ring (bicyclic) bond motifs is 4. The van der Waals surface area contributed by atoms with E-state index in [2.05, 4.69) is 6.08 Å². The van der Waals surface area contributed by atoms with E-state index in [1.807, 2.05) is 0 Å². The van der Waals surface area contributed by atoms with Crippen LogP contribution in [0.2, 0.25) is 0 Å². The second-order valence-corrected chi connectivity index (χ2v) is 6.15. The highest BCUT2D eigenvalue weighted by Crippen LogP contribution is 2.40. The van der Waals surface area contributed by atoms with Gasteiger partial charge < -0.3 is 14.2 Å². The third-order valence-corrected chi connectivity index (χ3v) is 4.88. The molecule has 5 atom stereocenters. The molecule has 5 aliphatic rings. The SMILES string of the molecule is O=C(OCC1OC2CC=C1CC2)C1CCC2OC2C1. The molecule has 0 aromatic carbocycles. The normalized spacial score (nSPS) is 43.4. The molecule has 0 spiro atoms. The Hall–Kier alpha value is -0.870. The van der Waals surface area contributed by atoms with E-state index in [1.165, 1.54) is 5.57 Å². The van der Waals surface area contributed by atoms with Crippen molar-refractivity contribution in [2.75, 3.05) is 6.61 Å². The Morgan fingerprint density at radius 1 is 1.26 bits per heavy atom. The molecule has 5 rings (SSSR count). The predicted octanol–water partition coefficient (Wildman–Crippen LogP) is 1.97. The van der Waals surface area contributed by atoms with E-state index in [1.54, 1.807) is 0 Å². The van der Waals surface area contributed by atoms with Crippen molar-refractivity contribution < 1.29 is 19.0 Å². The van der Waals surface area contributed by atoms with Crippen molar-refractivity contribution in [3.8, 4) is 0 Å². The van der Waals surface area contributed by atoms with Crippen LogP contribution >= 0.6 is 0 Å². The van der Waals surface area contributed by atoms with E-state index < -0.39 is 0 Å². The fraction of sp³-hybridized carbons (Fsp3) is 0.800. The average molecular weight is 264 g/mol. The number of carbonyl (C=O) groups is 1. The van der Waals surface area contributed by atoms with Gasteiger partial charge in [0.15, 0.2) is 0 Å². The van der Waals surface area contributed by atoms with Crippen molar-refractivity contribution in [3.63, 3.8) is 0 Å². The summed E-state index contributed by atoms with van der Waals surface area (Å²) in [5.74, 6) is -0.0156. The van der Waals surface area contributed by atoms with Crippen LogP contribution < -0.4 is 0 Å². The highest BCUT2D eigenvalue weighted by molar-refractivity contribution is 5.72. The Bertz CT molecular complexity index is 416. The molecule has 2 bridgehead atoms. The first kappa shape index (κ1) is 11.9. The number of epoxide rings is 1. The van der Waals surface area contributed by atoms with Gasteiger partial charge in [0.1, 0.15) is 12.7 Å². The number of ether oxygens (including phenoxy) is 3. The van der Waals surface area contributed by atoms with E-state index >= 15 is 0 Å². The molecule has 0 N–H and O–H groups in total. The second kappa shape index (κ2) is 4.60. The number of hydrogen-bond acceptors (Lipinski definition) is 4. The number of carbonyl (C=O) groups excluding carboxylic acids is 1. The summed E-state index contributed by atoms with van der Waals surface area (Å²) >= 11 is 0. The molecule has 19 heavy (non-hydrogen) atoms. The molecule has 3 fully saturated rings. The molecule has 0 aromatic rings. The van der Waals surface area contributed by atoms with Gasteiger partial charge in [0.2, 0.25) is 0 Å².